The molecule has 0 saturated heterocycles. The Bertz CT molecular complexity index is 117. The van der Waals surface area contributed by atoms with Gasteiger partial charge in [0.05, 0.1) is 0 Å². The molecule has 0 fully saturated rings. The van der Waals surface area contributed by atoms with E-state index in [2.05, 4.69) is 13.1 Å². The van der Waals surface area contributed by atoms with Gasteiger partial charge in [-0.25, -0.2) is 0 Å². The van der Waals surface area contributed by atoms with Crippen molar-refractivity contribution < 1.29 is 4.12 Å². The number of hydrogen-bond acceptors (Lipinski definition) is 3. The van der Waals surface area contributed by atoms with E-state index in [1.165, 1.54) is 12.1 Å². The van der Waals surface area contributed by atoms with Crippen molar-refractivity contribution >= 4 is 18.1 Å². The average molecular weight is 220 g/mol. The van der Waals surface area contributed by atoms with Crippen molar-refractivity contribution in [1.82, 2.24) is 0 Å². The summed E-state index contributed by atoms with van der Waals surface area (Å²) in [5.74, 6) is 0. The molecular weight excluding hydrogens is 196 g/mol. The third-order valence-electron chi connectivity index (χ3n) is 2.31. The van der Waals surface area contributed by atoms with Gasteiger partial charge >= 0.3 is 0 Å². The van der Waals surface area contributed by atoms with Gasteiger partial charge in [0.1, 0.15) is 9.76 Å². The highest BCUT2D eigenvalue weighted by Crippen LogP contribution is 2.19. The summed E-state index contributed by atoms with van der Waals surface area (Å²) in [5, 5.41) is 0. The maximum atomic E-state index is 6.00. The first-order chi connectivity index (χ1) is 6.18. The Morgan fingerprint density at radius 2 is 1.62 bits per heavy atom. The van der Waals surface area contributed by atoms with E-state index in [0.29, 0.717) is 0 Å². The van der Waals surface area contributed by atoms with E-state index in [-0.39, 0.29) is 9.76 Å². The molecule has 80 valence electrons. The molecule has 0 aromatic rings. The lowest BCUT2D eigenvalue weighted by Crippen LogP contribution is -2.36. The highest BCUT2D eigenvalue weighted by Gasteiger charge is 2.26. The highest BCUT2D eigenvalue weighted by molar-refractivity contribution is 6.76. The zero-order chi connectivity index (χ0) is 10.2. The SMILES string of the molecule is C[SiH2]O[Si](C)(CCCN)CCCN. The van der Waals surface area contributed by atoms with Crippen LogP contribution in [0.15, 0.2) is 0 Å². The summed E-state index contributed by atoms with van der Waals surface area (Å²) in [4.78, 5) is 0. The molecule has 3 nitrogen and oxygen atoms in total. The van der Waals surface area contributed by atoms with Gasteiger partial charge in [0.15, 0.2) is 8.32 Å². The molecule has 0 unspecified atom stereocenters. The fourth-order valence-corrected chi connectivity index (χ4v) is 7.67. The molecule has 0 bridgehead atoms. The summed E-state index contributed by atoms with van der Waals surface area (Å²) >= 11 is 0. The lowest BCUT2D eigenvalue weighted by atomic mass is 10.5. The molecule has 0 heterocycles. The second kappa shape index (κ2) is 7.69. The molecule has 13 heavy (non-hydrogen) atoms. The third-order valence-corrected chi connectivity index (χ3v) is 9.08. The largest absolute Gasteiger partial charge is 0.461 e. The molecule has 0 aliphatic heterocycles. The van der Waals surface area contributed by atoms with E-state index in [1.807, 2.05) is 0 Å². The van der Waals surface area contributed by atoms with E-state index in [0.717, 1.165) is 25.9 Å². The fraction of sp³-hybridized carbons (Fsp3) is 1.00. The topological polar surface area (TPSA) is 61.3 Å². The van der Waals surface area contributed by atoms with Gasteiger partial charge in [-0.1, -0.05) is 6.55 Å². The molecule has 0 atom stereocenters. The van der Waals surface area contributed by atoms with Crippen LogP contribution in [0, 0.1) is 0 Å². The van der Waals surface area contributed by atoms with Crippen LogP contribution in [0.4, 0.5) is 0 Å². The molecule has 0 aromatic heterocycles. The van der Waals surface area contributed by atoms with Gasteiger partial charge < -0.3 is 15.6 Å². The number of nitrogens with two attached hydrogens (primary N) is 2. The van der Waals surface area contributed by atoms with Crippen molar-refractivity contribution in [2.24, 2.45) is 11.5 Å². The summed E-state index contributed by atoms with van der Waals surface area (Å²) in [5.41, 5.74) is 11.0. The third kappa shape index (κ3) is 6.39. The van der Waals surface area contributed by atoms with Crippen LogP contribution in [0.3, 0.4) is 0 Å². The normalized spacial score (nSPS) is 12.9. The second-order valence-corrected chi connectivity index (χ2v) is 9.30. The van der Waals surface area contributed by atoms with E-state index in [4.69, 9.17) is 15.6 Å². The van der Waals surface area contributed by atoms with Crippen LogP contribution in [-0.4, -0.2) is 31.2 Å². The molecule has 5 heteroatoms. The molecule has 0 aromatic carbocycles. The lowest BCUT2D eigenvalue weighted by molar-refractivity contribution is 0.567. The summed E-state index contributed by atoms with van der Waals surface area (Å²) in [6.45, 7) is 6.12. The van der Waals surface area contributed by atoms with E-state index in [1.54, 1.807) is 0 Å². The van der Waals surface area contributed by atoms with Gasteiger partial charge in [0, 0.05) is 0 Å². The molecule has 0 aliphatic rings. The van der Waals surface area contributed by atoms with Gasteiger partial charge in [-0.15, -0.1) is 0 Å². The number of rotatable bonds is 8. The minimum absolute atomic E-state index is 0.266. The maximum Gasteiger partial charge on any atom is 0.176 e. The Hall–Kier alpha value is 0.314. The molecule has 0 amide bonds. The quantitative estimate of drug-likeness (QED) is 0.583. The molecule has 0 saturated carbocycles. The lowest BCUT2D eigenvalue weighted by Gasteiger charge is -2.27. The van der Waals surface area contributed by atoms with Crippen molar-refractivity contribution in [3.8, 4) is 0 Å². The zero-order valence-electron chi connectivity index (χ0n) is 9.01. The first-order valence-corrected chi connectivity index (χ1v) is 10.0. The number of hydrogen-bond donors (Lipinski definition) is 2. The summed E-state index contributed by atoms with van der Waals surface area (Å²) in [6.07, 6.45) is 2.23. The van der Waals surface area contributed by atoms with E-state index in [9.17, 15) is 0 Å². The van der Waals surface area contributed by atoms with Crippen LogP contribution in [-0.2, 0) is 4.12 Å². The molecule has 0 aliphatic carbocycles. The summed E-state index contributed by atoms with van der Waals surface area (Å²) < 4.78 is 6.00. The Labute approximate surface area is 85.3 Å². The summed E-state index contributed by atoms with van der Waals surface area (Å²) in [6, 6.07) is 2.43. The first kappa shape index (κ1) is 13.3. The van der Waals surface area contributed by atoms with Crippen LogP contribution < -0.4 is 11.5 Å². The van der Waals surface area contributed by atoms with E-state index < -0.39 is 8.32 Å². The van der Waals surface area contributed by atoms with Gasteiger partial charge in [-0.3, -0.25) is 0 Å². The zero-order valence-corrected chi connectivity index (χ0v) is 11.4. The molecular formula is C8H24N2OSi2. The van der Waals surface area contributed by atoms with Gasteiger partial charge in [-0.2, -0.15) is 0 Å². The Balaban J connectivity index is 3.84. The minimum atomic E-state index is -1.39. The van der Waals surface area contributed by atoms with Crippen molar-refractivity contribution in [1.29, 1.82) is 0 Å². The van der Waals surface area contributed by atoms with Crippen LogP contribution in [0.1, 0.15) is 12.8 Å². The Morgan fingerprint density at radius 3 is 1.92 bits per heavy atom. The molecule has 0 radical (unpaired) electrons. The van der Waals surface area contributed by atoms with Gasteiger partial charge in [0.25, 0.3) is 0 Å². The molecule has 0 rings (SSSR count). The smallest absolute Gasteiger partial charge is 0.176 e. The van der Waals surface area contributed by atoms with Crippen LogP contribution in [0.2, 0.25) is 25.2 Å². The predicted octanol–water partition coefficient (Wildman–Crippen LogP) is 0.408. The Kier molecular flexibility index (Phi) is 7.88. The van der Waals surface area contributed by atoms with Crippen molar-refractivity contribution in [3.05, 3.63) is 0 Å². The standard InChI is InChI=1S/C8H24N2OSi2/c1-12-11-13(2,7-3-5-9)8-4-6-10/h3-10,12H2,1-2H3. The minimum Gasteiger partial charge on any atom is -0.461 e. The van der Waals surface area contributed by atoms with Gasteiger partial charge in [0.2, 0.25) is 0 Å². The van der Waals surface area contributed by atoms with Crippen molar-refractivity contribution in [3.63, 3.8) is 0 Å². The Morgan fingerprint density at radius 1 is 1.15 bits per heavy atom. The van der Waals surface area contributed by atoms with Crippen molar-refractivity contribution in [2.45, 2.75) is 38.0 Å². The van der Waals surface area contributed by atoms with E-state index >= 15 is 0 Å². The molecule has 0 spiro atoms. The van der Waals surface area contributed by atoms with Crippen LogP contribution >= 0.6 is 0 Å². The highest BCUT2D eigenvalue weighted by atomic mass is 28.4. The predicted molar refractivity (Wildman–Crippen MR) is 64.1 cm³/mol. The second-order valence-electron chi connectivity index (χ2n) is 3.67. The van der Waals surface area contributed by atoms with Crippen LogP contribution in [0.25, 0.3) is 0 Å². The van der Waals surface area contributed by atoms with Crippen molar-refractivity contribution in [2.75, 3.05) is 13.1 Å². The van der Waals surface area contributed by atoms with Gasteiger partial charge in [-0.05, 0) is 44.6 Å². The van der Waals surface area contributed by atoms with Crippen LogP contribution in [0.5, 0.6) is 0 Å². The molecule has 4 N–H and O–H groups in total. The summed E-state index contributed by atoms with van der Waals surface area (Å²) in [7, 11) is -1.66. The fourth-order valence-electron chi connectivity index (χ4n) is 1.57. The maximum absolute atomic E-state index is 6.00. The monoisotopic (exact) mass is 220 g/mol. The first-order valence-electron chi connectivity index (χ1n) is 5.22. The average Bonchev–Trinajstić information content (AvgIpc) is 2.12.